The average Bonchev–Trinajstić information content (AvgIpc) is 2.86. The normalized spacial score (nSPS) is 14.1. The highest BCUT2D eigenvalue weighted by atomic mass is 32.1. The lowest BCUT2D eigenvalue weighted by molar-refractivity contribution is -0.307. The first-order chi connectivity index (χ1) is 9.96. The fraction of sp³-hybridized carbons (Fsp3) is 0.533. The number of hydrogen-bond acceptors (Lipinski definition) is 6. The molecule has 0 fully saturated rings. The number of nitrogens with one attached hydrogen (secondary N) is 1. The molecule has 0 radical (unpaired) electrons. The highest BCUT2D eigenvalue weighted by Gasteiger charge is 2.19. The Kier molecular flexibility index (Phi) is 4.77. The van der Waals surface area contributed by atoms with E-state index in [0.29, 0.717) is 11.6 Å². The van der Waals surface area contributed by atoms with Gasteiger partial charge in [0.15, 0.2) is 0 Å². The lowest BCUT2D eigenvalue weighted by Gasteiger charge is -2.26. The maximum Gasteiger partial charge on any atom is 0.139 e. The zero-order valence-electron chi connectivity index (χ0n) is 12.8. The number of carbonyl (C=O) groups excluding carboxylic acids is 1. The van der Waals surface area contributed by atoms with Crippen molar-refractivity contribution in [2.24, 2.45) is 5.92 Å². The third kappa shape index (κ3) is 3.32. The van der Waals surface area contributed by atoms with Crippen molar-refractivity contribution in [3.63, 3.8) is 0 Å². The van der Waals surface area contributed by atoms with Gasteiger partial charge in [-0.3, -0.25) is 0 Å². The number of aromatic nitrogens is 2. The second-order valence-electron chi connectivity index (χ2n) is 5.23. The summed E-state index contributed by atoms with van der Waals surface area (Å²) in [4.78, 5) is 22.3. The summed E-state index contributed by atoms with van der Waals surface area (Å²) in [5.41, 5.74) is 0. The molecule has 0 saturated carbocycles. The van der Waals surface area contributed by atoms with Crippen molar-refractivity contribution >= 4 is 33.3 Å². The molecule has 2 heterocycles. The van der Waals surface area contributed by atoms with Crippen molar-refractivity contribution < 1.29 is 9.90 Å². The van der Waals surface area contributed by atoms with Crippen LogP contribution in [0.15, 0.2) is 6.07 Å². The van der Waals surface area contributed by atoms with Crippen LogP contribution in [0.2, 0.25) is 0 Å². The molecule has 2 atom stereocenters. The van der Waals surface area contributed by atoms with Crippen LogP contribution < -0.4 is 10.4 Å². The Hall–Kier alpha value is -1.69. The van der Waals surface area contributed by atoms with Gasteiger partial charge in [0.25, 0.3) is 0 Å². The van der Waals surface area contributed by atoms with Crippen molar-refractivity contribution in [1.82, 2.24) is 9.97 Å². The third-order valence-electron chi connectivity index (χ3n) is 3.66. The number of nitrogens with zero attached hydrogens (tertiary/aromatic N) is 2. The first-order valence-electron chi connectivity index (χ1n) is 7.20. The molecule has 0 bridgehead atoms. The number of carbonyl (C=O) groups is 1. The molecule has 0 aliphatic carbocycles. The average molecular weight is 306 g/mol. The van der Waals surface area contributed by atoms with Gasteiger partial charge in [0.05, 0.1) is 17.4 Å². The topological polar surface area (TPSA) is 77.9 Å². The van der Waals surface area contributed by atoms with Gasteiger partial charge >= 0.3 is 0 Å². The van der Waals surface area contributed by atoms with Crippen LogP contribution in [-0.2, 0) is 11.2 Å². The number of aryl methyl sites for hydroxylation is 2. The Labute approximate surface area is 128 Å². The van der Waals surface area contributed by atoms with Gasteiger partial charge in [-0.25, -0.2) is 9.97 Å². The smallest absolute Gasteiger partial charge is 0.139 e. The van der Waals surface area contributed by atoms with E-state index in [1.807, 2.05) is 26.8 Å². The van der Waals surface area contributed by atoms with Crippen LogP contribution >= 0.6 is 11.3 Å². The van der Waals surface area contributed by atoms with E-state index in [1.165, 1.54) is 4.88 Å². The van der Waals surface area contributed by atoms with Crippen LogP contribution in [-0.4, -0.2) is 22.0 Å². The molecule has 2 aromatic heterocycles. The van der Waals surface area contributed by atoms with Crippen LogP contribution in [0.5, 0.6) is 0 Å². The SMILES string of the molecule is CCc1cc2c(N[C@H](C(=O)[O-])[C@@H](C)CC)nc(C)nc2s1. The van der Waals surface area contributed by atoms with Crippen LogP contribution in [0, 0.1) is 12.8 Å². The number of thiophene rings is 1. The number of rotatable bonds is 6. The minimum Gasteiger partial charge on any atom is -0.548 e. The molecule has 1 N–H and O–H groups in total. The zero-order chi connectivity index (χ0) is 15.6. The van der Waals surface area contributed by atoms with Crippen molar-refractivity contribution in [1.29, 1.82) is 0 Å². The lowest BCUT2D eigenvalue weighted by Crippen LogP contribution is -2.45. The molecular formula is C15H20N3O2S-. The van der Waals surface area contributed by atoms with Gasteiger partial charge in [-0.15, -0.1) is 11.3 Å². The van der Waals surface area contributed by atoms with Gasteiger partial charge < -0.3 is 15.2 Å². The first kappa shape index (κ1) is 15.7. The van der Waals surface area contributed by atoms with E-state index in [9.17, 15) is 9.90 Å². The standard InChI is InChI=1S/C15H21N3O2S/c1-5-8(3)12(15(19)20)18-13-11-7-10(6-2)21-14(11)17-9(4)16-13/h7-8,12H,5-6H2,1-4H3,(H,19,20)(H,16,17,18)/p-1/t8-,12-/m0/s1. The summed E-state index contributed by atoms with van der Waals surface area (Å²) < 4.78 is 0. The van der Waals surface area contributed by atoms with E-state index in [4.69, 9.17) is 0 Å². The van der Waals surface area contributed by atoms with Gasteiger partial charge in [0.1, 0.15) is 16.5 Å². The van der Waals surface area contributed by atoms with Crippen molar-refractivity contribution in [3.8, 4) is 0 Å². The van der Waals surface area contributed by atoms with E-state index >= 15 is 0 Å². The van der Waals surface area contributed by atoms with Crippen LogP contribution in [0.3, 0.4) is 0 Å². The monoisotopic (exact) mass is 306 g/mol. The molecule has 5 nitrogen and oxygen atoms in total. The molecule has 114 valence electrons. The molecule has 21 heavy (non-hydrogen) atoms. The molecule has 0 aromatic carbocycles. The predicted molar refractivity (Wildman–Crippen MR) is 83.4 cm³/mol. The van der Waals surface area contributed by atoms with Crippen molar-refractivity contribution in [3.05, 3.63) is 16.8 Å². The molecule has 0 unspecified atom stereocenters. The summed E-state index contributed by atoms with van der Waals surface area (Å²) in [6.07, 6.45) is 1.68. The Morgan fingerprint density at radius 1 is 1.43 bits per heavy atom. The Morgan fingerprint density at radius 2 is 2.14 bits per heavy atom. The van der Waals surface area contributed by atoms with E-state index in [-0.39, 0.29) is 5.92 Å². The second kappa shape index (κ2) is 6.39. The third-order valence-corrected chi connectivity index (χ3v) is 4.84. The number of hydrogen-bond donors (Lipinski definition) is 1. The lowest BCUT2D eigenvalue weighted by atomic mass is 9.99. The summed E-state index contributed by atoms with van der Waals surface area (Å²) in [5, 5.41) is 15.3. The van der Waals surface area contributed by atoms with Crippen LogP contribution in [0.1, 0.15) is 37.9 Å². The molecule has 0 spiro atoms. The minimum absolute atomic E-state index is 0.0374. The molecule has 0 aliphatic rings. The fourth-order valence-electron chi connectivity index (χ4n) is 2.18. The van der Waals surface area contributed by atoms with Gasteiger partial charge in [-0.1, -0.05) is 27.2 Å². The molecule has 0 amide bonds. The molecule has 2 rings (SSSR count). The first-order valence-corrected chi connectivity index (χ1v) is 8.02. The van der Waals surface area contributed by atoms with Crippen molar-refractivity contribution in [2.45, 2.75) is 46.6 Å². The van der Waals surface area contributed by atoms with Gasteiger partial charge in [-0.2, -0.15) is 0 Å². The Balaban J connectivity index is 2.44. The molecule has 6 heteroatoms. The second-order valence-corrected chi connectivity index (χ2v) is 6.35. The largest absolute Gasteiger partial charge is 0.548 e. The van der Waals surface area contributed by atoms with E-state index in [0.717, 1.165) is 23.1 Å². The highest BCUT2D eigenvalue weighted by molar-refractivity contribution is 7.18. The minimum atomic E-state index is -1.10. The molecular weight excluding hydrogens is 286 g/mol. The summed E-state index contributed by atoms with van der Waals surface area (Å²) in [5.74, 6) is 0.0861. The van der Waals surface area contributed by atoms with Gasteiger partial charge in [0, 0.05) is 4.88 Å². The summed E-state index contributed by atoms with van der Waals surface area (Å²) in [6, 6.07) is 1.28. The van der Waals surface area contributed by atoms with Gasteiger partial charge in [0.2, 0.25) is 0 Å². The summed E-state index contributed by atoms with van der Waals surface area (Å²) in [6.45, 7) is 7.75. The van der Waals surface area contributed by atoms with E-state index in [2.05, 4.69) is 22.2 Å². The predicted octanol–water partition coefficient (Wildman–Crippen LogP) is 2.14. The molecule has 2 aromatic rings. The summed E-state index contributed by atoms with van der Waals surface area (Å²) >= 11 is 1.62. The van der Waals surface area contributed by atoms with Crippen LogP contribution in [0.4, 0.5) is 5.82 Å². The van der Waals surface area contributed by atoms with E-state index < -0.39 is 12.0 Å². The number of anilines is 1. The fourth-order valence-corrected chi connectivity index (χ4v) is 3.19. The highest BCUT2D eigenvalue weighted by Crippen LogP contribution is 2.30. The summed E-state index contributed by atoms with van der Waals surface area (Å²) in [7, 11) is 0. The Bertz CT molecular complexity index is 654. The number of carboxylic acid groups (broad SMARTS) is 1. The zero-order valence-corrected chi connectivity index (χ0v) is 13.6. The quantitative estimate of drug-likeness (QED) is 0.884. The van der Waals surface area contributed by atoms with Gasteiger partial charge in [-0.05, 0) is 25.3 Å². The maximum absolute atomic E-state index is 11.4. The van der Waals surface area contributed by atoms with Crippen LogP contribution in [0.25, 0.3) is 10.2 Å². The number of carboxylic acids is 1. The number of fused-ring (bicyclic) bond motifs is 1. The van der Waals surface area contributed by atoms with E-state index in [1.54, 1.807) is 11.3 Å². The number of aliphatic carboxylic acids is 1. The maximum atomic E-state index is 11.4. The molecule has 0 aliphatic heterocycles. The molecule has 0 saturated heterocycles. The Morgan fingerprint density at radius 3 is 2.71 bits per heavy atom. The van der Waals surface area contributed by atoms with Crippen molar-refractivity contribution in [2.75, 3.05) is 5.32 Å².